The predicted octanol–water partition coefficient (Wildman–Crippen LogP) is 0.535. The largest absolute Gasteiger partial charge is 0.375 e. The topological polar surface area (TPSA) is 50.8 Å². The third-order valence-corrected chi connectivity index (χ3v) is 4.46. The SMILES string of the molecule is O=C(CC1CNCCO1)N1CCOC2CCCCC21. The number of rotatable bonds is 2. The van der Waals surface area contributed by atoms with Gasteiger partial charge in [-0.3, -0.25) is 4.79 Å². The van der Waals surface area contributed by atoms with Gasteiger partial charge in [-0.1, -0.05) is 12.8 Å². The highest BCUT2D eigenvalue weighted by Gasteiger charge is 2.37. The van der Waals surface area contributed by atoms with Gasteiger partial charge in [0.15, 0.2) is 0 Å². The van der Waals surface area contributed by atoms with Gasteiger partial charge in [0.1, 0.15) is 0 Å². The second-order valence-electron chi connectivity index (χ2n) is 5.75. The molecule has 2 aliphatic heterocycles. The van der Waals surface area contributed by atoms with Crippen molar-refractivity contribution in [3.63, 3.8) is 0 Å². The Morgan fingerprint density at radius 2 is 2.11 bits per heavy atom. The molecule has 0 spiro atoms. The molecule has 1 amide bonds. The molecule has 3 fully saturated rings. The number of ether oxygens (including phenoxy) is 2. The second-order valence-corrected chi connectivity index (χ2v) is 5.75. The van der Waals surface area contributed by atoms with E-state index in [4.69, 9.17) is 9.47 Å². The van der Waals surface area contributed by atoms with Gasteiger partial charge in [0.2, 0.25) is 5.91 Å². The van der Waals surface area contributed by atoms with Crippen molar-refractivity contribution in [2.45, 2.75) is 50.4 Å². The van der Waals surface area contributed by atoms with Crippen LogP contribution in [0.4, 0.5) is 0 Å². The summed E-state index contributed by atoms with van der Waals surface area (Å²) in [5.74, 6) is 0.244. The Balaban J connectivity index is 1.58. The predicted molar refractivity (Wildman–Crippen MR) is 70.9 cm³/mol. The smallest absolute Gasteiger partial charge is 0.225 e. The van der Waals surface area contributed by atoms with Gasteiger partial charge in [-0.05, 0) is 12.8 Å². The van der Waals surface area contributed by atoms with Crippen molar-refractivity contribution in [2.24, 2.45) is 0 Å². The van der Waals surface area contributed by atoms with Crippen LogP contribution in [0.5, 0.6) is 0 Å². The van der Waals surface area contributed by atoms with Crippen LogP contribution in [0.2, 0.25) is 0 Å². The second kappa shape index (κ2) is 6.20. The van der Waals surface area contributed by atoms with Crippen molar-refractivity contribution in [1.29, 1.82) is 0 Å². The van der Waals surface area contributed by atoms with Crippen LogP contribution in [-0.2, 0) is 14.3 Å². The molecule has 0 bridgehead atoms. The average molecular weight is 268 g/mol. The van der Waals surface area contributed by atoms with E-state index >= 15 is 0 Å². The number of morpholine rings is 2. The van der Waals surface area contributed by atoms with Crippen molar-refractivity contribution >= 4 is 5.91 Å². The first-order chi connectivity index (χ1) is 9.34. The minimum atomic E-state index is 0.0473. The number of hydrogen-bond acceptors (Lipinski definition) is 4. The molecule has 3 rings (SSSR count). The van der Waals surface area contributed by atoms with Gasteiger partial charge < -0.3 is 19.7 Å². The zero-order valence-electron chi connectivity index (χ0n) is 11.5. The molecule has 19 heavy (non-hydrogen) atoms. The van der Waals surface area contributed by atoms with Crippen molar-refractivity contribution in [1.82, 2.24) is 10.2 Å². The van der Waals surface area contributed by atoms with Crippen LogP contribution in [0.15, 0.2) is 0 Å². The molecule has 1 aliphatic carbocycles. The summed E-state index contributed by atoms with van der Waals surface area (Å²) < 4.78 is 11.4. The third-order valence-electron chi connectivity index (χ3n) is 4.46. The maximum atomic E-state index is 12.5. The fraction of sp³-hybridized carbons (Fsp3) is 0.929. The van der Waals surface area contributed by atoms with Gasteiger partial charge in [0, 0.05) is 19.6 Å². The molecule has 3 aliphatic rings. The number of amides is 1. The molecular weight excluding hydrogens is 244 g/mol. The van der Waals surface area contributed by atoms with Gasteiger partial charge >= 0.3 is 0 Å². The summed E-state index contributed by atoms with van der Waals surface area (Å²) >= 11 is 0. The summed E-state index contributed by atoms with van der Waals surface area (Å²) in [4.78, 5) is 14.5. The maximum absolute atomic E-state index is 12.5. The fourth-order valence-electron chi connectivity index (χ4n) is 3.47. The summed E-state index contributed by atoms with van der Waals surface area (Å²) in [6.45, 7) is 3.85. The monoisotopic (exact) mass is 268 g/mol. The van der Waals surface area contributed by atoms with Crippen LogP contribution < -0.4 is 5.32 Å². The van der Waals surface area contributed by atoms with Crippen LogP contribution in [0.3, 0.4) is 0 Å². The zero-order valence-corrected chi connectivity index (χ0v) is 11.5. The van der Waals surface area contributed by atoms with Gasteiger partial charge in [-0.15, -0.1) is 0 Å². The molecule has 3 atom stereocenters. The van der Waals surface area contributed by atoms with E-state index in [-0.39, 0.29) is 18.1 Å². The van der Waals surface area contributed by atoms with E-state index in [2.05, 4.69) is 10.2 Å². The number of nitrogens with zero attached hydrogens (tertiary/aromatic N) is 1. The minimum Gasteiger partial charge on any atom is -0.375 e. The highest BCUT2D eigenvalue weighted by Crippen LogP contribution is 2.29. The van der Waals surface area contributed by atoms with E-state index in [0.717, 1.165) is 32.5 Å². The fourth-order valence-corrected chi connectivity index (χ4v) is 3.47. The summed E-state index contributed by atoms with van der Waals surface area (Å²) in [7, 11) is 0. The molecule has 0 aromatic heterocycles. The highest BCUT2D eigenvalue weighted by atomic mass is 16.5. The van der Waals surface area contributed by atoms with Crippen molar-refractivity contribution in [2.75, 3.05) is 32.8 Å². The van der Waals surface area contributed by atoms with Crippen molar-refractivity contribution in [3.05, 3.63) is 0 Å². The molecule has 0 radical (unpaired) electrons. The molecule has 2 saturated heterocycles. The Morgan fingerprint density at radius 1 is 1.21 bits per heavy atom. The van der Waals surface area contributed by atoms with Gasteiger partial charge in [0.25, 0.3) is 0 Å². The summed E-state index contributed by atoms with van der Waals surface area (Å²) in [6, 6.07) is 0.312. The number of carbonyl (C=O) groups excluding carboxylic acids is 1. The van der Waals surface area contributed by atoms with Crippen LogP contribution in [0.25, 0.3) is 0 Å². The van der Waals surface area contributed by atoms with E-state index in [0.29, 0.717) is 25.7 Å². The Labute approximate surface area is 114 Å². The summed E-state index contributed by atoms with van der Waals surface area (Å²) in [5.41, 5.74) is 0. The molecular formula is C14H24N2O3. The maximum Gasteiger partial charge on any atom is 0.225 e. The molecule has 1 N–H and O–H groups in total. The first-order valence-electron chi connectivity index (χ1n) is 7.58. The number of nitrogens with one attached hydrogen (secondary N) is 1. The van der Waals surface area contributed by atoms with Crippen molar-refractivity contribution in [3.8, 4) is 0 Å². The Morgan fingerprint density at radius 3 is 2.95 bits per heavy atom. The summed E-state index contributed by atoms with van der Waals surface area (Å²) in [5, 5.41) is 3.28. The normalized spacial score (nSPS) is 35.8. The van der Waals surface area contributed by atoms with E-state index < -0.39 is 0 Å². The lowest BCUT2D eigenvalue weighted by atomic mass is 9.90. The Kier molecular flexibility index (Phi) is 4.35. The highest BCUT2D eigenvalue weighted by molar-refractivity contribution is 5.77. The van der Waals surface area contributed by atoms with Crippen LogP contribution in [0.1, 0.15) is 32.1 Å². The first kappa shape index (κ1) is 13.3. The lowest BCUT2D eigenvalue weighted by molar-refractivity contribution is -0.152. The third kappa shape index (κ3) is 3.09. The average Bonchev–Trinajstić information content (AvgIpc) is 2.47. The molecule has 5 nitrogen and oxygen atoms in total. The van der Waals surface area contributed by atoms with Gasteiger partial charge in [-0.2, -0.15) is 0 Å². The van der Waals surface area contributed by atoms with Crippen molar-refractivity contribution < 1.29 is 14.3 Å². The van der Waals surface area contributed by atoms with Gasteiger partial charge in [-0.25, -0.2) is 0 Å². The lowest BCUT2D eigenvalue weighted by Crippen LogP contribution is -2.55. The van der Waals surface area contributed by atoms with Crippen LogP contribution in [-0.4, -0.2) is 61.9 Å². The molecule has 108 valence electrons. The molecule has 1 saturated carbocycles. The Bertz CT molecular complexity index is 316. The number of carbonyl (C=O) groups is 1. The standard InChI is InChI=1S/C14H24N2O3/c17-14(9-11-10-15-5-7-18-11)16-6-8-19-13-4-2-1-3-12(13)16/h11-13,15H,1-10H2. The van der Waals surface area contributed by atoms with Crippen LogP contribution in [0, 0.1) is 0 Å². The van der Waals surface area contributed by atoms with E-state index in [1.165, 1.54) is 12.8 Å². The summed E-state index contributed by atoms with van der Waals surface area (Å²) in [6.07, 6.45) is 5.49. The number of fused-ring (bicyclic) bond motifs is 1. The van der Waals surface area contributed by atoms with E-state index in [1.807, 2.05) is 0 Å². The van der Waals surface area contributed by atoms with Gasteiger partial charge in [0.05, 0.1) is 37.9 Å². The molecule has 0 aromatic carbocycles. The molecule has 0 aromatic rings. The minimum absolute atomic E-state index is 0.0473. The lowest BCUT2D eigenvalue weighted by Gasteiger charge is -2.44. The number of hydrogen-bond donors (Lipinski definition) is 1. The van der Waals surface area contributed by atoms with Crippen LogP contribution >= 0.6 is 0 Å². The molecule has 3 unspecified atom stereocenters. The molecule has 5 heteroatoms. The molecule has 2 heterocycles. The first-order valence-corrected chi connectivity index (χ1v) is 7.58. The Hall–Kier alpha value is -0.650. The zero-order chi connectivity index (χ0) is 13.1. The van der Waals surface area contributed by atoms with E-state index in [9.17, 15) is 4.79 Å². The van der Waals surface area contributed by atoms with E-state index in [1.54, 1.807) is 0 Å². The quantitative estimate of drug-likeness (QED) is 0.794.